The number of nitrogens with one attached hydrogen (secondary N) is 1. The summed E-state index contributed by atoms with van der Waals surface area (Å²) in [4.78, 5) is 13.3. The van der Waals surface area contributed by atoms with E-state index in [0.29, 0.717) is 11.7 Å². The summed E-state index contributed by atoms with van der Waals surface area (Å²) in [5.74, 6) is 0.227. The Kier molecular flexibility index (Phi) is 5.20. The van der Waals surface area contributed by atoms with Crippen LogP contribution in [0.2, 0.25) is 0 Å². The van der Waals surface area contributed by atoms with Gasteiger partial charge in [-0.2, -0.15) is 0 Å². The zero-order chi connectivity index (χ0) is 14.5. The van der Waals surface area contributed by atoms with Crippen LogP contribution >= 0.6 is 0 Å². The Morgan fingerprint density at radius 2 is 2.10 bits per heavy atom. The van der Waals surface area contributed by atoms with E-state index in [1.807, 2.05) is 6.92 Å². The summed E-state index contributed by atoms with van der Waals surface area (Å²) in [5.41, 5.74) is 0. The normalized spacial score (nSPS) is 19.1. The predicted molar refractivity (Wildman–Crippen MR) is 76.9 cm³/mol. The van der Waals surface area contributed by atoms with Crippen LogP contribution in [0.15, 0.2) is 16.5 Å². The molecule has 20 heavy (non-hydrogen) atoms. The summed E-state index contributed by atoms with van der Waals surface area (Å²) < 4.78 is 5.30. The fourth-order valence-corrected chi connectivity index (χ4v) is 2.65. The summed E-state index contributed by atoms with van der Waals surface area (Å²) in [6.45, 7) is 8.70. The van der Waals surface area contributed by atoms with Crippen LogP contribution in [0.4, 0.5) is 0 Å². The lowest BCUT2D eigenvalue weighted by Crippen LogP contribution is -2.32. The molecule has 2 atom stereocenters. The molecule has 2 rings (SSSR count). The Hall–Kier alpha value is -1.33. The lowest BCUT2D eigenvalue weighted by molar-refractivity contribution is 0.0659. The molecule has 5 nitrogen and oxygen atoms in total. The highest BCUT2D eigenvalue weighted by molar-refractivity contribution is 5.84. The minimum atomic E-state index is -1.02. The monoisotopic (exact) mass is 280 g/mol. The number of nitrogens with zero attached hydrogens (tertiary/aromatic N) is 1. The second-order valence-corrected chi connectivity index (χ2v) is 5.75. The van der Waals surface area contributed by atoms with Gasteiger partial charge in [-0.3, -0.25) is 0 Å². The fourth-order valence-electron chi connectivity index (χ4n) is 2.65. The second-order valence-electron chi connectivity index (χ2n) is 5.75. The van der Waals surface area contributed by atoms with Gasteiger partial charge in [0.15, 0.2) is 0 Å². The van der Waals surface area contributed by atoms with Crippen molar-refractivity contribution >= 4 is 5.97 Å². The van der Waals surface area contributed by atoms with E-state index < -0.39 is 5.97 Å². The van der Waals surface area contributed by atoms with Crippen LogP contribution in [-0.4, -0.2) is 42.2 Å². The van der Waals surface area contributed by atoms with Crippen LogP contribution in [0.25, 0.3) is 0 Å². The van der Waals surface area contributed by atoms with Crippen molar-refractivity contribution in [2.45, 2.75) is 32.7 Å². The van der Waals surface area contributed by atoms with Gasteiger partial charge in [0.05, 0.1) is 6.04 Å². The summed E-state index contributed by atoms with van der Waals surface area (Å²) in [6.07, 6.45) is 2.64. The second kappa shape index (κ2) is 6.90. The predicted octanol–water partition coefficient (Wildman–Crippen LogP) is 2.36. The molecule has 112 valence electrons. The first-order valence-electron chi connectivity index (χ1n) is 7.35. The quantitative estimate of drug-likeness (QED) is 0.802. The van der Waals surface area contributed by atoms with Crippen molar-refractivity contribution in [2.24, 2.45) is 5.92 Å². The summed E-state index contributed by atoms with van der Waals surface area (Å²) in [6, 6.07) is 3.26. The van der Waals surface area contributed by atoms with E-state index in [-0.39, 0.29) is 11.8 Å². The average Bonchev–Trinajstić information content (AvgIpc) is 3.06. The van der Waals surface area contributed by atoms with Gasteiger partial charge in [-0.1, -0.05) is 6.92 Å². The molecule has 1 aliphatic heterocycles. The minimum Gasteiger partial charge on any atom is -0.475 e. The number of aromatic carboxylic acids is 1. The zero-order valence-electron chi connectivity index (χ0n) is 12.3. The van der Waals surface area contributed by atoms with Crippen LogP contribution < -0.4 is 5.32 Å². The molecule has 2 heterocycles. The van der Waals surface area contributed by atoms with Gasteiger partial charge in [-0.05, 0) is 57.5 Å². The molecule has 1 fully saturated rings. The van der Waals surface area contributed by atoms with Gasteiger partial charge in [-0.25, -0.2) is 4.79 Å². The first-order chi connectivity index (χ1) is 9.56. The molecular weight excluding hydrogens is 256 g/mol. The lowest BCUT2D eigenvalue weighted by Gasteiger charge is -2.22. The summed E-state index contributed by atoms with van der Waals surface area (Å²) in [5, 5.41) is 12.2. The first kappa shape index (κ1) is 15.1. The Balaban J connectivity index is 1.75. The van der Waals surface area contributed by atoms with Crippen molar-refractivity contribution in [1.29, 1.82) is 0 Å². The van der Waals surface area contributed by atoms with Crippen molar-refractivity contribution in [3.63, 3.8) is 0 Å². The van der Waals surface area contributed by atoms with Crippen molar-refractivity contribution < 1.29 is 14.3 Å². The van der Waals surface area contributed by atoms with E-state index in [9.17, 15) is 4.79 Å². The van der Waals surface area contributed by atoms with Crippen molar-refractivity contribution in [2.75, 3.05) is 26.2 Å². The fraction of sp³-hybridized carbons (Fsp3) is 0.667. The maximum Gasteiger partial charge on any atom is 0.371 e. The Bertz CT molecular complexity index is 438. The molecule has 1 aliphatic rings. The van der Waals surface area contributed by atoms with E-state index >= 15 is 0 Å². The third-order valence-electron chi connectivity index (χ3n) is 3.81. The molecule has 0 bridgehead atoms. The van der Waals surface area contributed by atoms with Crippen LogP contribution in [0, 0.1) is 5.92 Å². The highest BCUT2D eigenvalue weighted by Gasteiger charge is 2.17. The molecule has 0 aliphatic carbocycles. The third kappa shape index (κ3) is 4.08. The number of rotatable bonds is 7. The average molecular weight is 280 g/mol. The van der Waals surface area contributed by atoms with E-state index in [4.69, 9.17) is 9.52 Å². The van der Waals surface area contributed by atoms with Crippen LogP contribution in [0.5, 0.6) is 0 Å². The zero-order valence-corrected chi connectivity index (χ0v) is 12.3. The largest absolute Gasteiger partial charge is 0.475 e. The number of carbonyl (C=O) groups is 1. The maximum absolute atomic E-state index is 10.8. The van der Waals surface area contributed by atoms with Crippen LogP contribution in [-0.2, 0) is 0 Å². The van der Waals surface area contributed by atoms with E-state index in [1.165, 1.54) is 32.0 Å². The molecule has 0 amide bonds. The Morgan fingerprint density at radius 1 is 1.40 bits per heavy atom. The molecule has 5 heteroatoms. The van der Waals surface area contributed by atoms with Gasteiger partial charge in [0.1, 0.15) is 5.76 Å². The molecule has 0 spiro atoms. The van der Waals surface area contributed by atoms with E-state index in [0.717, 1.165) is 13.1 Å². The van der Waals surface area contributed by atoms with Crippen molar-refractivity contribution in [3.8, 4) is 0 Å². The highest BCUT2D eigenvalue weighted by Crippen LogP contribution is 2.17. The SMILES string of the molecule is CC(CNC(C)c1ccc(C(=O)O)o1)CN1CCCC1. The van der Waals surface area contributed by atoms with Crippen LogP contribution in [0.3, 0.4) is 0 Å². The number of likely N-dealkylation sites (tertiary alicyclic amines) is 1. The number of furan rings is 1. The molecular formula is C15H24N2O3. The maximum atomic E-state index is 10.8. The van der Waals surface area contributed by atoms with Crippen molar-refractivity contribution in [1.82, 2.24) is 10.2 Å². The molecule has 0 saturated carbocycles. The number of carboxylic acid groups (broad SMARTS) is 1. The molecule has 2 N–H and O–H groups in total. The topological polar surface area (TPSA) is 65.7 Å². The van der Waals surface area contributed by atoms with Crippen molar-refractivity contribution in [3.05, 3.63) is 23.7 Å². The molecule has 1 saturated heterocycles. The third-order valence-corrected chi connectivity index (χ3v) is 3.81. The molecule has 0 aromatic carbocycles. The Morgan fingerprint density at radius 3 is 2.70 bits per heavy atom. The first-order valence-corrected chi connectivity index (χ1v) is 7.35. The summed E-state index contributed by atoms with van der Waals surface area (Å²) >= 11 is 0. The molecule has 0 radical (unpaired) electrons. The minimum absolute atomic E-state index is 0.00114. The smallest absolute Gasteiger partial charge is 0.371 e. The van der Waals surface area contributed by atoms with Gasteiger partial charge in [0.2, 0.25) is 5.76 Å². The molecule has 2 unspecified atom stereocenters. The van der Waals surface area contributed by atoms with E-state index in [2.05, 4.69) is 17.1 Å². The standard InChI is InChI=1S/C15H24N2O3/c1-11(10-17-7-3-4-8-17)9-16-12(2)13-5-6-14(20-13)15(18)19/h5-6,11-12,16H,3-4,7-10H2,1-2H3,(H,18,19). The lowest BCUT2D eigenvalue weighted by atomic mass is 10.1. The highest BCUT2D eigenvalue weighted by atomic mass is 16.4. The van der Waals surface area contributed by atoms with Gasteiger partial charge in [-0.15, -0.1) is 0 Å². The Labute approximate surface area is 119 Å². The number of hydrogen-bond acceptors (Lipinski definition) is 4. The van der Waals surface area contributed by atoms with Gasteiger partial charge in [0.25, 0.3) is 0 Å². The van der Waals surface area contributed by atoms with Gasteiger partial charge < -0.3 is 19.7 Å². The van der Waals surface area contributed by atoms with E-state index in [1.54, 1.807) is 6.07 Å². The van der Waals surface area contributed by atoms with Crippen LogP contribution in [0.1, 0.15) is 49.0 Å². The number of carboxylic acids is 1. The van der Waals surface area contributed by atoms with Gasteiger partial charge in [0, 0.05) is 6.54 Å². The van der Waals surface area contributed by atoms with Gasteiger partial charge >= 0.3 is 5.97 Å². The number of hydrogen-bond donors (Lipinski definition) is 2. The molecule has 1 aromatic rings. The summed E-state index contributed by atoms with van der Waals surface area (Å²) in [7, 11) is 0. The molecule has 1 aromatic heterocycles.